The van der Waals surface area contributed by atoms with E-state index in [0.717, 1.165) is 19.0 Å². The summed E-state index contributed by atoms with van der Waals surface area (Å²) < 4.78 is 1.77. The van der Waals surface area contributed by atoms with E-state index in [-0.39, 0.29) is 6.61 Å². The summed E-state index contributed by atoms with van der Waals surface area (Å²) in [5, 5.41) is 16.4. The molecule has 0 bridgehead atoms. The van der Waals surface area contributed by atoms with Gasteiger partial charge >= 0.3 is 0 Å². The van der Waals surface area contributed by atoms with E-state index >= 15 is 0 Å². The Hall–Kier alpha value is -0.870. The fourth-order valence-corrected chi connectivity index (χ4v) is 1.72. The molecule has 16 heavy (non-hydrogen) atoms. The third-order valence-corrected chi connectivity index (χ3v) is 2.93. The van der Waals surface area contributed by atoms with Gasteiger partial charge in [-0.3, -0.25) is 4.68 Å². The lowest BCUT2D eigenvalue weighted by Gasteiger charge is -2.12. The van der Waals surface area contributed by atoms with Crippen LogP contribution in [0, 0.1) is 5.92 Å². The lowest BCUT2D eigenvalue weighted by Crippen LogP contribution is -2.21. The second kappa shape index (κ2) is 7.41. The molecule has 0 spiro atoms. The first kappa shape index (κ1) is 13.2. The molecule has 0 saturated heterocycles. The van der Waals surface area contributed by atoms with Crippen molar-refractivity contribution in [2.24, 2.45) is 5.92 Å². The Morgan fingerprint density at radius 3 is 2.81 bits per heavy atom. The standard InChI is InChI=1S/C12H23N3O/c1-3-11(4-2)7-13-8-12-9-14-15(10-12)5-6-16/h9-11,13,16H,3-8H2,1-2H3. The number of aliphatic hydroxyl groups is 1. The molecular formula is C12H23N3O. The van der Waals surface area contributed by atoms with Crippen LogP contribution in [-0.4, -0.2) is 28.0 Å². The molecule has 0 aliphatic carbocycles. The van der Waals surface area contributed by atoms with Gasteiger partial charge in [0.15, 0.2) is 0 Å². The van der Waals surface area contributed by atoms with Crippen LogP contribution in [0.15, 0.2) is 12.4 Å². The fourth-order valence-electron chi connectivity index (χ4n) is 1.72. The maximum Gasteiger partial charge on any atom is 0.0640 e. The van der Waals surface area contributed by atoms with Crippen molar-refractivity contribution in [2.45, 2.75) is 39.8 Å². The second-order valence-electron chi connectivity index (χ2n) is 4.15. The number of rotatable bonds is 8. The summed E-state index contributed by atoms with van der Waals surface area (Å²) in [5.74, 6) is 0.771. The molecule has 1 heterocycles. The van der Waals surface area contributed by atoms with Crippen LogP contribution in [0.4, 0.5) is 0 Å². The van der Waals surface area contributed by atoms with Crippen LogP contribution < -0.4 is 5.32 Å². The molecule has 4 heteroatoms. The summed E-state index contributed by atoms with van der Waals surface area (Å²) >= 11 is 0. The minimum atomic E-state index is 0.141. The first-order chi connectivity index (χ1) is 7.80. The molecule has 0 aliphatic heterocycles. The molecule has 0 unspecified atom stereocenters. The van der Waals surface area contributed by atoms with Gasteiger partial charge in [0.2, 0.25) is 0 Å². The second-order valence-corrected chi connectivity index (χ2v) is 4.15. The van der Waals surface area contributed by atoms with Crippen LogP contribution in [0.25, 0.3) is 0 Å². The number of nitrogens with zero attached hydrogens (tertiary/aromatic N) is 2. The predicted molar refractivity (Wildman–Crippen MR) is 65.1 cm³/mol. The molecule has 0 aromatic carbocycles. The highest BCUT2D eigenvalue weighted by Gasteiger charge is 2.03. The SMILES string of the molecule is CCC(CC)CNCc1cnn(CCO)c1. The Kier molecular flexibility index (Phi) is 6.11. The summed E-state index contributed by atoms with van der Waals surface area (Å²) in [6.07, 6.45) is 6.30. The van der Waals surface area contributed by atoms with Crippen LogP contribution in [0.3, 0.4) is 0 Å². The predicted octanol–water partition coefficient (Wildman–Crippen LogP) is 1.40. The number of nitrogens with one attached hydrogen (secondary N) is 1. The maximum atomic E-state index is 8.77. The zero-order valence-electron chi connectivity index (χ0n) is 10.3. The molecule has 4 nitrogen and oxygen atoms in total. The van der Waals surface area contributed by atoms with Crippen LogP contribution in [0.2, 0.25) is 0 Å². The van der Waals surface area contributed by atoms with Gasteiger partial charge < -0.3 is 10.4 Å². The Morgan fingerprint density at radius 1 is 1.44 bits per heavy atom. The molecule has 0 fully saturated rings. The van der Waals surface area contributed by atoms with E-state index in [1.54, 1.807) is 4.68 Å². The molecule has 2 N–H and O–H groups in total. The van der Waals surface area contributed by atoms with E-state index in [1.807, 2.05) is 12.4 Å². The van der Waals surface area contributed by atoms with Gasteiger partial charge in [-0.05, 0) is 12.5 Å². The quantitative estimate of drug-likeness (QED) is 0.703. The fraction of sp³-hybridized carbons (Fsp3) is 0.750. The van der Waals surface area contributed by atoms with Crippen molar-refractivity contribution in [3.05, 3.63) is 18.0 Å². The van der Waals surface area contributed by atoms with Crippen molar-refractivity contribution in [1.82, 2.24) is 15.1 Å². The van der Waals surface area contributed by atoms with Gasteiger partial charge in [-0.25, -0.2) is 0 Å². The molecule has 0 radical (unpaired) electrons. The molecule has 92 valence electrons. The monoisotopic (exact) mass is 225 g/mol. The molecule has 1 aromatic rings. The van der Waals surface area contributed by atoms with E-state index in [9.17, 15) is 0 Å². The Balaban J connectivity index is 2.25. The molecular weight excluding hydrogens is 202 g/mol. The molecule has 0 atom stereocenters. The molecule has 0 amide bonds. The van der Waals surface area contributed by atoms with Crippen molar-refractivity contribution in [1.29, 1.82) is 0 Å². The zero-order valence-corrected chi connectivity index (χ0v) is 10.3. The van der Waals surface area contributed by atoms with Crippen LogP contribution in [-0.2, 0) is 13.1 Å². The van der Waals surface area contributed by atoms with Gasteiger partial charge in [0.05, 0.1) is 19.3 Å². The van der Waals surface area contributed by atoms with Crippen LogP contribution >= 0.6 is 0 Å². The minimum Gasteiger partial charge on any atom is -0.394 e. The smallest absolute Gasteiger partial charge is 0.0640 e. The topological polar surface area (TPSA) is 50.1 Å². The van der Waals surface area contributed by atoms with E-state index in [0.29, 0.717) is 6.54 Å². The van der Waals surface area contributed by atoms with Crippen molar-refractivity contribution < 1.29 is 5.11 Å². The van der Waals surface area contributed by atoms with Crippen LogP contribution in [0.5, 0.6) is 0 Å². The number of aliphatic hydroxyl groups excluding tert-OH is 1. The average Bonchev–Trinajstić information content (AvgIpc) is 2.73. The Morgan fingerprint density at radius 2 is 2.19 bits per heavy atom. The van der Waals surface area contributed by atoms with E-state index in [4.69, 9.17) is 5.11 Å². The lowest BCUT2D eigenvalue weighted by atomic mass is 10.0. The maximum absolute atomic E-state index is 8.77. The summed E-state index contributed by atoms with van der Waals surface area (Å²) in [4.78, 5) is 0. The van der Waals surface area contributed by atoms with E-state index < -0.39 is 0 Å². The first-order valence-electron chi connectivity index (χ1n) is 6.13. The average molecular weight is 225 g/mol. The number of hydrogen-bond acceptors (Lipinski definition) is 3. The van der Waals surface area contributed by atoms with Gasteiger partial charge in [-0.2, -0.15) is 5.10 Å². The highest BCUT2D eigenvalue weighted by Crippen LogP contribution is 2.05. The largest absolute Gasteiger partial charge is 0.394 e. The molecule has 0 saturated carbocycles. The van der Waals surface area contributed by atoms with Gasteiger partial charge in [0, 0.05) is 18.3 Å². The Bertz CT molecular complexity index is 282. The highest BCUT2D eigenvalue weighted by atomic mass is 16.3. The highest BCUT2D eigenvalue weighted by molar-refractivity contribution is 5.03. The number of hydrogen-bond donors (Lipinski definition) is 2. The minimum absolute atomic E-state index is 0.141. The zero-order chi connectivity index (χ0) is 11.8. The third kappa shape index (κ3) is 4.33. The van der Waals surface area contributed by atoms with Crippen molar-refractivity contribution >= 4 is 0 Å². The van der Waals surface area contributed by atoms with Crippen molar-refractivity contribution in [3.63, 3.8) is 0 Å². The summed E-state index contributed by atoms with van der Waals surface area (Å²) in [5.41, 5.74) is 1.18. The lowest BCUT2D eigenvalue weighted by molar-refractivity contribution is 0.269. The molecule has 1 rings (SSSR count). The van der Waals surface area contributed by atoms with Crippen molar-refractivity contribution in [3.8, 4) is 0 Å². The van der Waals surface area contributed by atoms with Crippen molar-refractivity contribution in [2.75, 3.05) is 13.2 Å². The van der Waals surface area contributed by atoms with E-state index in [2.05, 4.69) is 24.3 Å². The summed E-state index contributed by atoms with van der Waals surface area (Å²) in [6.45, 7) is 7.11. The third-order valence-electron chi connectivity index (χ3n) is 2.93. The molecule has 1 aromatic heterocycles. The first-order valence-corrected chi connectivity index (χ1v) is 6.13. The van der Waals surface area contributed by atoms with Gasteiger partial charge in [-0.15, -0.1) is 0 Å². The normalized spacial score (nSPS) is 11.2. The van der Waals surface area contributed by atoms with Crippen LogP contribution in [0.1, 0.15) is 32.3 Å². The summed E-state index contributed by atoms with van der Waals surface area (Å²) in [6, 6.07) is 0. The molecule has 0 aliphatic rings. The Labute approximate surface area is 97.7 Å². The summed E-state index contributed by atoms with van der Waals surface area (Å²) in [7, 11) is 0. The number of aromatic nitrogens is 2. The van der Waals surface area contributed by atoms with Gasteiger partial charge in [0.25, 0.3) is 0 Å². The van der Waals surface area contributed by atoms with Gasteiger partial charge in [0.1, 0.15) is 0 Å². The van der Waals surface area contributed by atoms with Gasteiger partial charge in [-0.1, -0.05) is 26.7 Å². The van der Waals surface area contributed by atoms with E-state index in [1.165, 1.54) is 18.4 Å².